The Morgan fingerprint density at radius 3 is 2.00 bits per heavy atom. The van der Waals surface area contributed by atoms with Gasteiger partial charge < -0.3 is 0 Å². The Kier molecular flexibility index (Phi) is 2.08. The van der Waals surface area contributed by atoms with E-state index in [2.05, 4.69) is 24.3 Å². The average molecular weight is 186 g/mol. The monoisotopic (exact) mass is 186 g/mol. The van der Waals surface area contributed by atoms with Crippen molar-refractivity contribution in [2.45, 2.75) is 38.5 Å². The molecular weight excluding hydrogens is 168 g/mol. The Labute approximate surface area is 86.3 Å². The molecule has 0 saturated heterocycles. The third-order valence-corrected chi connectivity index (χ3v) is 4.03. The summed E-state index contributed by atoms with van der Waals surface area (Å²) in [7, 11) is 0. The van der Waals surface area contributed by atoms with Crippen molar-refractivity contribution in [2.75, 3.05) is 0 Å². The molecule has 74 valence electrons. The fraction of sp³-hybridized carbons (Fsp3) is 0.571. The van der Waals surface area contributed by atoms with Crippen LogP contribution in [0, 0.1) is 11.8 Å². The van der Waals surface area contributed by atoms with Gasteiger partial charge in [0.2, 0.25) is 0 Å². The van der Waals surface area contributed by atoms with Crippen LogP contribution in [0.25, 0.3) is 0 Å². The van der Waals surface area contributed by atoms with Gasteiger partial charge in [-0.3, -0.25) is 0 Å². The van der Waals surface area contributed by atoms with Gasteiger partial charge >= 0.3 is 0 Å². The lowest BCUT2D eigenvalue weighted by atomic mass is 9.80. The van der Waals surface area contributed by atoms with Gasteiger partial charge in [0.1, 0.15) is 0 Å². The van der Waals surface area contributed by atoms with Crippen molar-refractivity contribution >= 4 is 0 Å². The second-order valence-electron chi connectivity index (χ2n) is 5.08. The molecule has 0 radical (unpaired) electrons. The third-order valence-electron chi connectivity index (χ3n) is 4.03. The molecule has 1 aromatic rings. The van der Waals surface area contributed by atoms with E-state index in [4.69, 9.17) is 0 Å². The molecule has 0 aromatic heterocycles. The summed E-state index contributed by atoms with van der Waals surface area (Å²) in [6.07, 6.45) is 8.63. The lowest BCUT2D eigenvalue weighted by Crippen LogP contribution is -2.15. The van der Waals surface area contributed by atoms with Gasteiger partial charge in [0, 0.05) is 0 Å². The molecule has 0 heteroatoms. The van der Waals surface area contributed by atoms with Crippen LogP contribution in [0.1, 0.15) is 36.8 Å². The number of benzene rings is 1. The summed E-state index contributed by atoms with van der Waals surface area (Å²) in [5, 5.41) is 0. The molecule has 1 aromatic carbocycles. The lowest BCUT2D eigenvalue weighted by Gasteiger charge is -2.25. The first kappa shape index (κ1) is 8.52. The predicted octanol–water partition coefficient (Wildman–Crippen LogP) is 3.59. The van der Waals surface area contributed by atoms with Crippen LogP contribution < -0.4 is 0 Å². The maximum Gasteiger partial charge on any atom is -0.0248 e. The van der Waals surface area contributed by atoms with Crippen molar-refractivity contribution in [3.8, 4) is 0 Å². The van der Waals surface area contributed by atoms with Crippen LogP contribution in [0.3, 0.4) is 0 Å². The topological polar surface area (TPSA) is 0 Å². The van der Waals surface area contributed by atoms with Crippen molar-refractivity contribution in [2.24, 2.45) is 11.8 Å². The van der Waals surface area contributed by atoms with Crippen LogP contribution in [-0.2, 0) is 12.8 Å². The van der Waals surface area contributed by atoms with Crippen LogP contribution >= 0.6 is 0 Å². The van der Waals surface area contributed by atoms with Crippen molar-refractivity contribution in [1.82, 2.24) is 0 Å². The summed E-state index contributed by atoms with van der Waals surface area (Å²) >= 11 is 0. The molecule has 2 unspecified atom stereocenters. The van der Waals surface area contributed by atoms with E-state index in [1.54, 1.807) is 11.1 Å². The standard InChI is InChI=1S/C14H18/c1-2-7-14-10-12-5-3-4-11(8-12)9-13(14)6-1/h1-2,6-7,11-12H,3-5,8-10H2. The summed E-state index contributed by atoms with van der Waals surface area (Å²) < 4.78 is 0. The van der Waals surface area contributed by atoms with E-state index in [-0.39, 0.29) is 0 Å². The molecule has 0 heterocycles. The first-order valence-corrected chi connectivity index (χ1v) is 5.98. The van der Waals surface area contributed by atoms with Crippen LogP contribution in [0.5, 0.6) is 0 Å². The van der Waals surface area contributed by atoms with Crippen LogP contribution in [0.4, 0.5) is 0 Å². The molecule has 0 amide bonds. The minimum atomic E-state index is 0.998. The molecule has 0 spiro atoms. The zero-order valence-corrected chi connectivity index (χ0v) is 8.71. The van der Waals surface area contributed by atoms with E-state index in [1.165, 1.54) is 38.5 Å². The molecule has 2 aliphatic rings. The normalized spacial score (nSPS) is 30.6. The summed E-state index contributed by atoms with van der Waals surface area (Å²) in [5.74, 6) is 2.00. The Morgan fingerprint density at radius 1 is 0.857 bits per heavy atom. The highest BCUT2D eigenvalue weighted by Gasteiger charge is 2.26. The molecular formula is C14H18. The van der Waals surface area contributed by atoms with E-state index in [9.17, 15) is 0 Å². The summed E-state index contributed by atoms with van der Waals surface area (Å²) in [6, 6.07) is 9.09. The van der Waals surface area contributed by atoms with Crippen LogP contribution in [0.15, 0.2) is 24.3 Å². The Bertz CT molecular complexity index is 296. The quantitative estimate of drug-likeness (QED) is 0.581. The molecule has 0 aliphatic heterocycles. The van der Waals surface area contributed by atoms with E-state index in [0.717, 1.165) is 11.8 Å². The lowest BCUT2D eigenvalue weighted by molar-refractivity contribution is 0.275. The van der Waals surface area contributed by atoms with Crippen LogP contribution in [0.2, 0.25) is 0 Å². The van der Waals surface area contributed by atoms with E-state index < -0.39 is 0 Å². The van der Waals surface area contributed by atoms with Gasteiger partial charge in [-0.2, -0.15) is 0 Å². The molecule has 0 nitrogen and oxygen atoms in total. The average Bonchev–Trinajstić information content (AvgIpc) is 2.33. The van der Waals surface area contributed by atoms with Gasteiger partial charge in [-0.1, -0.05) is 43.5 Å². The van der Waals surface area contributed by atoms with E-state index in [1.807, 2.05) is 0 Å². The van der Waals surface area contributed by atoms with Gasteiger partial charge in [0.05, 0.1) is 0 Å². The predicted molar refractivity (Wildman–Crippen MR) is 59.3 cm³/mol. The van der Waals surface area contributed by atoms with Gasteiger partial charge in [-0.15, -0.1) is 0 Å². The highest BCUT2D eigenvalue weighted by Crippen LogP contribution is 2.37. The summed E-state index contributed by atoms with van der Waals surface area (Å²) in [5.41, 5.74) is 3.28. The molecule has 2 aliphatic carbocycles. The fourth-order valence-corrected chi connectivity index (χ4v) is 3.35. The first-order valence-electron chi connectivity index (χ1n) is 5.98. The Morgan fingerprint density at radius 2 is 1.43 bits per heavy atom. The van der Waals surface area contributed by atoms with Crippen molar-refractivity contribution in [3.05, 3.63) is 35.4 Å². The SMILES string of the molecule is c1ccc2c(c1)CC1CCCC(C2)C1. The molecule has 3 rings (SSSR count). The Balaban J connectivity index is 1.97. The molecule has 1 fully saturated rings. The minimum Gasteiger partial charge on any atom is -0.0620 e. The highest BCUT2D eigenvalue weighted by molar-refractivity contribution is 5.29. The van der Waals surface area contributed by atoms with Gasteiger partial charge in [-0.05, 0) is 42.2 Å². The molecule has 1 saturated carbocycles. The minimum absolute atomic E-state index is 0.998. The van der Waals surface area contributed by atoms with E-state index >= 15 is 0 Å². The van der Waals surface area contributed by atoms with E-state index in [0.29, 0.717) is 0 Å². The second-order valence-corrected chi connectivity index (χ2v) is 5.08. The highest BCUT2D eigenvalue weighted by atomic mass is 14.3. The zero-order chi connectivity index (χ0) is 9.38. The van der Waals surface area contributed by atoms with Crippen molar-refractivity contribution in [1.29, 1.82) is 0 Å². The van der Waals surface area contributed by atoms with Crippen LogP contribution in [-0.4, -0.2) is 0 Å². The molecule has 0 N–H and O–H groups in total. The number of hydrogen-bond donors (Lipinski definition) is 0. The van der Waals surface area contributed by atoms with Crippen molar-refractivity contribution < 1.29 is 0 Å². The molecule has 2 atom stereocenters. The zero-order valence-electron chi connectivity index (χ0n) is 8.71. The fourth-order valence-electron chi connectivity index (χ4n) is 3.35. The largest absolute Gasteiger partial charge is 0.0620 e. The third kappa shape index (κ3) is 1.47. The maximum atomic E-state index is 2.34. The summed E-state index contributed by atoms with van der Waals surface area (Å²) in [4.78, 5) is 0. The number of fused-ring (bicyclic) bond motifs is 3. The molecule has 2 bridgehead atoms. The number of hydrogen-bond acceptors (Lipinski definition) is 0. The maximum absolute atomic E-state index is 2.34. The second kappa shape index (κ2) is 3.42. The van der Waals surface area contributed by atoms with Gasteiger partial charge in [0.15, 0.2) is 0 Å². The first-order chi connectivity index (χ1) is 6.92. The Hall–Kier alpha value is -0.780. The van der Waals surface area contributed by atoms with Gasteiger partial charge in [-0.25, -0.2) is 0 Å². The number of rotatable bonds is 0. The van der Waals surface area contributed by atoms with Crippen molar-refractivity contribution in [3.63, 3.8) is 0 Å². The summed E-state index contributed by atoms with van der Waals surface area (Å²) in [6.45, 7) is 0. The smallest absolute Gasteiger partial charge is 0.0248 e. The molecule has 14 heavy (non-hydrogen) atoms. The van der Waals surface area contributed by atoms with Gasteiger partial charge in [0.25, 0.3) is 0 Å².